The lowest BCUT2D eigenvalue weighted by molar-refractivity contribution is -0.136. The molecule has 0 saturated carbocycles. The third-order valence-electron chi connectivity index (χ3n) is 1.69. The average Bonchev–Trinajstić information content (AvgIpc) is 2.72. The summed E-state index contributed by atoms with van der Waals surface area (Å²) >= 11 is 0. The molecule has 2 heterocycles. The zero-order valence-electron chi connectivity index (χ0n) is 7.93. The molecule has 0 unspecified atom stereocenters. The van der Waals surface area contributed by atoms with Crippen LogP contribution in [-0.2, 0) is 11.2 Å². The number of oxazole rings is 2. The lowest BCUT2D eigenvalue weighted by atomic mass is 10.4. The summed E-state index contributed by atoms with van der Waals surface area (Å²) in [5.74, 6) is -0.226. The normalized spacial score (nSPS) is 10.5. The molecule has 0 radical (unpaired) electrons. The first-order chi connectivity index (χ1) is 7.15. The number of rotatable bonds is 3. The Kier molecular flexibility index (Phi) is 2.24. The van der Waals surface area contributed by atoms with Gasteiger partial charge in [0.25, 0.3) is 5.89 Å². The van der Waals surface area contributed by atoms with Gasteiger partial charge in [-0.3, -0.25) is 4.79 Å². The zero-order chi connectivity index (χ0) is 10.8. The van der Waals surface area contributed by atoms with Crippen molar-refractivity contribution in [3.8, 4) is 11.7 Å². The van der Waals surface area contributed by atoms with E-state index in [-0.39, 0.29) is 12.3 Å². The second-order valence-corrected chi connectivity index (χ2v) is 2.98. The number of carboxylic acid groups (broad SMARTS) is 1. The van der Waals surface area contributed by atoms with Crippen molar-refractivity contribution in [1.82, 2.24) is 9.97 Å². The maximum Gasteiger partial charge on any atom is 0.312 e. The molecule has 0 aliphatic rings. The number of aryl methyl sites for hydroxylation is 1. The highest BCUT2D eigenvalue weighted by molar-refractivity contribution is 5.68. The van der Waals surface area contributed by atoms with Gasteiger partial charge in [-0.15, -0.1) is 0 Å². The lowest BCUT2D eigenvalue weighted by Crippen LogP contribution is -1.99. The monoisotopic (exact) mass is 208 g/mol. The molecule has 15 heavy (non-hydrogen) atoms. The van der Waals surface area contributed by atoms with Crippen molar-refractivity contribution in [1.29, 1.82) is 0 Å². The van der Waals surface area contributed by atoms with Gasteiger partial charge in [0.1, 0.15) is 12.7 Å². The van der Waals surface area contributed by atoms with Crippen LogP contribution >= 0.6 is 0 Å². The predicted molar refractivity (Wildman–Crippen MR) is 48.1 cm³/mol. The number of hydrogen-bond acceptors (Lipinski definition) is 5. The summed E-state index contributed by atoms with van der Waals surface area (Å²) in [5.41, 5.74) is 0.723. The van der Waals surface area contributed by atoms with Crippen molar-refractivity contribution in [2.45, 2.75) is 13.3 Å². The third-order valence-corrected chi connectivity index (χ3v) is 1.69. The quantitative estimate of drug-likeness (QED) is 0.816. The van der Waals surface area contributed by atoms with Crippen molar-refractivity contribution >= 4 is 5.97 Å². The Hall–Kier alpha value is -2.11. The summed E-state index contributed by atoms with van der Waals surface area (Å²) in [6.45, 7) is 1.78. The topological polar surface area (TPSA) is 89.4 Å². The van der Waals surface area contributed by atoms with E-state index in [0.29, 0.717) is 11.7 Å². The Morgan fingerprint density at radius 3 is 3.00 bits per heavy atom. The first-order valence-corrected chi connectivity index (χ1v) is 4.24. The minimum absolute atomic E-state index is 0.133. The fourth-order valence-corrected chi connectivity index (χ4v) is 1.09. The molecule has 1 N–H and O–H groups in total. The van der Waals surface area contributed by atoms with Crippen molar-refractivity contribution in [2.24, 2.45) is 0 Å². The molecule has 0 bridgehead atoms. The number of aliphatic carboxylic acids is 1. The molecule has 2 aromatic heterocycles. The van der Waals surface area contributed by atoms with Crippen LogP contribution in [0.3, 0.4) is 0 Å². The molecule has 0 fully saturated rings. The van der Waals surface area contributed by atoms with E-state index in [0.717, 1.165) is 5.69 Å². The highest BCUT2D eigenvalue weighted by atomic mass is 16.4. The highest BCUT2D eigenvalue weighted by Gasteiger charge is 2.12. The molecule has 0 atom stereocenters. The molecule has 6 nitrogen and oxygen atoms in total. The van der Waals surface area contributed by atoms with E-state index in [1.807, 2.05) is 0 Å². The number of hydrogen-bond donors (Lipinski definition) is 1. The summed E-state index contributed by atoms with van der Waals surface area (Å²) in [4.78, 5) is 18.2. The first-order valence-electron chi connectivity index (χ1n) is 4.24. The zero-order valence-corrected chi connectivity index (χ0v) is 7.93. The van der Waals surface area contributed by atoms with Crippen molar-refractivity contribution in [2.75, 3.05) is 0 Å². The molecule has 2 aromatic rings. The van der Waals surface area contributed by atoms with Gasteiger partial charge >= 0.3 is 5.97 Å². The predicted octanol–water partition coefficient (Wildman–Crippen LogP) is 1.27. The van der Waals surface area contributed by atoms with Crippen LogP contribution in [0.25, 0.3) is 11.7 Å². The summed E-state index contributed by atoms with van der Waals surface area (Å²) in [6.07, 6.45) is 2.62. The molecular formula is C9H8N2O4. The van der Waals surface area contributed by atoms with Crippen LogP contribution < -0.4 is 0 Å². The van der Waals surface area contributed by atoms with Crippen LogP contribution in [0.1, 0.15) is 11.6 Å². The number of carbonyl (C=O) groups is 1. The summed E-state index contributed by atoms with van der Waals surface area (Å²) in [5, 5.41) is 8.51. The molecule has 0 aliphatic carbocycles. The van der Waals surface area contributed by atoms with Crippen LogP contribution in [-0.4, -0.2) is 21.0 Å². The molecule has 0 aliphatic heterocycles. The van der Waals surface area contributed by atoms with Gasteiger partial charge in [0, 0.05) is 0 Å². The van der Waals surface area contributed by atoms with Gasteiger partial charge in [-0.25, -0.2) is 9.97 Å². The highest BCUT2D eigenvalue weighted by Crippen LogP contribution is 2.19. The number of aromatic nitrogens is 2. The van der Waals surface area contributed by atoms with Gasteiger partial charge < -0.3 is 13.9 Å². The van der Waals surface area contributed by atoms with Crippen molar-refractivity contribution < 1.29 is 18.7 Å². The second kappa shape index (κ2) is 3.56. The average molecular weight is 208 g/mol. The van der Waals surface area contributed by atoms with Gasteiger partial charge in [-0.2, -0.15) is 0 Å². The first kappa shape index (κ1) is 9.45. The van der Waals surface area contributed by atoms with Crippen LogP contribution in [0, 0.1) is 6.92 Å². The summed E-state index contributed by atoms with van der Waals surface area (Å²) < 4.78 is 10.2. The number of carboxylic acids is 1. The second-order valence-electron chi connectivity index (χ2n) is 2.98. The Balaban J connectivity index is 2.23. The maximum absolute atomic E-state index is 10.4. The fourth-order valence-electron chi connectivity index (χ4n) is 1.09. The van der Waals surface area contributed by atoms with Gasteiger partial charge in [0.05, 0.1) is 11.9 Å². The summed E-state index contributed by atoms with van der Waals surface area (Å²) in [7, 11) is 0. The molecular weight excluding hydrogens is 200 g/mol. The van der Waals surface area contributed by atoms with Gasteiger partial charge in [0.15, 0.2) is 0 Å². The van der Waals surface area contributed by atoms with E-state index in [4.69, 9.17) is 13.9 Å². The van der Waals surface area contributed by atoms with Crippen LogP contribution in [0.5, 0.6) is 0 Å². The standard InChI is InChI=1S/C9H8N2O4/c1-5-4-14-9(11-5)6-3-10-7(15-6)2-8(12)13/h3-4H,2H2,1H3,(H,12,13). The van der Waals surface area contributed by atoms with E-state index < -0.39 is 5.97 Å². The third kappa shape index (κ3) is 2.04. The molecule has 2 rings (SSSR count). The molecule has 78 valence electrons. The van der Waals surface area contributed by atoms with E-state index in [9.17, 15) is 4.79 Å². The lowest BCUT2D eigenvalue weighted by Gasteiger charge is -1.87. The minimum atomic E-state index is -0.994. The van der Waals surface area contributed by atoms with Crippen molar-refractivity contribution in [3.05, 3.63) is 24.0 Å². The maximum atomic E-state index is 10.4. The fraction of sp³-hybridized carbons (Fsp3) is 0.222. The van der Waals surface area contributed by atoms with Gasteiger partial charge in [0.2, 0.25) is 11.7 Å². The van der Waals surface area contributed by atoms with Crippen LogP contribution in [0.15, 0.2) is 21.3 Å². The largest absolute Gasteiger partial charge is 0.481 e. The van der Waals surface area contributed by atoms with Crippen molar-refractivity contribution in [3.63, 3.8) is 0 Å². The SMILES string of the molecule is Cc1coc(-c2cnc(CC(=O)O)o2)n1. The Morgan fingerprint density at radius 2 is 2.40 bits per heavy atom. The smallest absolute Gasteiger partial charge is 0.312 e. The van der Waals surface area contributed by atoms with Crippen LogP contribution in [0.4, 0.5) is 0 Å². The summed E-state index contributed by atoms with van der Waals surface area (Å²) in [6, 6.07) is 0. The molecule has 0 saturated heterocycles. The number of nitrogens with zero attached hydrogens (tertiary/aromatic N) is 2. The van der Waals surface area contributed by atoms with E-state index in [2.05, 4.69) is 9.97 Å². The van der Waals surface area contributed by atoms with Gasteiger partial charge in [-0.1, -0.05) is 0 Å². The molecule has 0 aromatic carbocycles. The van der Waals surface area contributed by atoms with E-state index in [1.165, 1.54) is 12.5 Å². The van der Waals surface area contributed by atoms with E-state index >= 15 is 0 Å². The molecule has 0 spiro atoms. The Morgan fingerprint density at radius 1 is 1.60 bits per heavy atom. The van der Waals surface area contributed by atoms with Gasteiger partial charge in [-0.05, 0) is 6.92 Å². The minimum Gasteiger partial charge on any atom is -0.481 e. The van der Waals surface area contributed by atoms with E-state index in [1.54, 1.807) is 6.92 Å². The molecule has 6 heteroatoms. The molecule has 0 amide bonds. The Labute approximate surface area is 84.6 Å². The Bertz CT molecular complexity index is 486. The van der Waals surface area contributed by atoms with Crippen LogP contribution in [0.2, 0.25) is 0 Å².